The monoisotopic (exact) mass is 399 g/mol. The van der Waals surface area contributed by atoms with Gasteiger partial charge in [-0.3, -0.25) is 9.69 Å². The largest absolute Gasteiger partial charge is 0.348 e. The molecule has 1 saturated heterocycles. The molecule has 4 rings (SSSR count). The summed E-state index contributed by atoms with van der Waals surface area (Å²) in [6.07, 6.45) is 0.677. The molecule has 1 unspecified atom stereocenters. The molecule has 0 bridgehead atoms. The summed E-state index contributed by atoms with van der Waals surface area (Å²) in [7, 11) is -0.111. The zero-order valence-corrected chi connectivity index (χ0v) is 17.0. The van der Waals surface area contributed by atoms with Crippen molar-refractivity contribution in [2.24, 2.45) is 0 Å². The first-order valence-electron chi connectivity index (χ1n) is 9.43. The molecular weight excluding hydrogens is 374 g/mol. The van der Waals surface area contributed by atoms with Gasteiger partial charge in [0.1, 0.15) is 0 Å². The smallest absolute Gasteiger partial charge is 0.244 e. The fourth-order valence-corrected chi connectivity index (χ4v) is 6.36. The summed E-state index contributed by atoms with van der Waals surface area (Å²) in [5.74, 6) is 0.0285. The third-order valence-electron chi connectivity index (χ3n) is 5.79. The molecule has 2 aliphatic heterocycles. The molecule has 1 atom stereocenters. The first kappa shape index (κ1) is 19.1. The number of likely N-dealkylation sites (tertiary alicyclic amines) is 1. The quantitative estimate of drug-likeness (QED) is 0.788. The van der Waals surface area contributed by atoms with E-state index in [1.807, 2.05) is 42.5 Å². The highest BCUT2D eigenvalue weighted by Crippen LogP contribution is 2.49. The van der Waals surface area contributed by atoms with E-state index in [4.69, 9.17) is 0 Å². The van der Waals surface area contributed by atoms with Crippen molar-refractivity contribution in [2.75, 3.05) is 33.7 Å². The Bertz CT molecular complexity index is 991. The molecule has 2 aliphatic rings. The van der Waals surface area contributed by atoms with Crippen molar-refractivity contribution < 1.29 is 13.2 Å². The van der Waals surface area contributed by atoms with Gasteiger partial charge < -0.3 is 4.90 Å². The van der Waals surface area contributed by atoms with Crippen molar-refractivity contribution in [3.63, 3.8) is 0 Å². The summed E-state index contributed by atoms with van der Waals surface area (Å²) in [6.45, 7) is 1.84. The van der Waals surface area contributed by atoms with E-state index in [0.29, 0.717) is 37.5 Å². The highest BCUT2D eigenvalue weighted by molar-refractivity contribution is 7.89. The molecule has 0 aromatic heterocycles. The van der Waals surface area contributed by atoms with Crippen LogP contribution in [0.2, 0.25) is 0 Å². The number of carbonyl (C=O) groups excluding carboxylic acids is 1. The molecule has 2 aromatic carbocycles. The Morgan fingerprint density at radius 3 is 2.46 bits per heavy atom. The molecule has 0 N–H and O–H groups in total. The molecule has 2 aromatic rings. The van der Waals surface area contributed by atoms with E-state index in [2.05, 4.69) is 4.90 Å². The van der Waals surface area contributed by atoms with Crippen LogP contribution in [0.4, 0.5) is 0 Å². The van der Waals surface area contributed by atoms with Crippen LogP contribution in [0.1, 0.15) is 17.5 Å². The fourth-order valence-electron chi connectivity index (χ4n) is 4.31. The lowest BCUT2D eigenvalue weighted by atomic mass is 9.88. The van der Waals surface area contributed by atoms with E-state index < -0.39 is 15.6 Å². The van der Waals surface area contributed by atoms with Gasteiger partial charge in [-0.2, -0.15) is 4.31 Å². The molecule has 2 heterocycles. The van der Waals surface area contributed by atoms with Gasteiger partial charge in [-0.1, -0.05) is 48.5 Å². The van der Waals surface area contributed by atoms with Gasteiger partial charge in [0.15, 0.2) is 0 Å². The van der Waals surface area contributed by atoms with Crippen LogP contribution in [-0.2, 0) is 26.9 Å². The Balaban J connectivity index is 1.73. The van der Waals surface area contributed by atoms with Gasteiger partial charge >= 0.3 is 0 Å². The van der Waals surface area contributed by atoms with Crippen molar-refractivity contribution >= 4 is 15.9 Å². The number of fused-ring (bicyclic) bond motifs is 2. The third kappa shape index (κ3) is 3.03. The van der Waals surface area contributed by atoms with Gasteiger partial charge in [0.25, 0.3) is 0 Å². The van der Waals surface area contributed by atoms with Crippen LogP contribution in [0.5, 0.6) is 0 Å². The Kier molecular flexibility index (Phi) is 4.77. The summed E-state index contributed by atoms with van der Waals surface area (Å²) in [4.78, 5) is 16.2. The number of amides is 1. The van der Waals surface area contributed by atoms with Crippen LogP contribution in [0.25, 0.3) is 0 Å². The van der Waals surface area contributed by atoms with Crippen LogP contribution in [0.3, 0.4) is 0 Å². The SMILES string of the molecule is CN(C)C(=O)CN1CCC2(C1)c1ccccc1S(=O)(=O)N2Cc1ccccc1. The third-order valence-corrected chi connectivity index (χ3v) is 7.76. The molecule has 0 aliphatic carbocycles. The van der Waals surface area contributed by atoms with Gasteiger partial charge in [-0.25, -0.2) is 8.42 Å². The van der Waals surface area contributed by atoms with E-state index in [9.17, 15) is 13.2 Å². The second-order valence-electron chi connectivity index (χ2n) is 7.77. The first-order chi connectivity index (χ1) is 13.3. The summed E-state index contributed by atoms with van der Waals surface area (Å²) in [6, 6.07) is 17.0. The number of nitrogens with zero attached hydrogens (tertiary/aromatic N) is 3. The Morgan fingerprint density at radius 1 is 1.07 bits per heavy atom. The van der Waals surface area contributed by atoms with Gasteiger partial charge in [0.05, 0.1) is 17.0 Å². The van der Waals surface area contributed by atoms with Gasteiger partial charge in [0, 0.05) is 33.7 Å². The zero-order chi connectivity index (χ0) is 19.9. The maximum absolute atomic E-state index is 13.4. The number of likely N-dealkylation sites (N-methyl/N-ethyl adjacent to an activating group) is 1. The van der Waals surface area contributed by atoms with Crippen molar-refractivity contribution in [3.8, 4) is 0 Å². The maximum Gasteiger partial charge on any atom is 0.244 e. The predicted octanol–water partition coefficient (Wildman–Crippen LogP) is 1.88. The van der Waals surface area contributed by atoms with E-state index in [-0.39, 0.29) is 5.91 Å². The van der Waals surface area contributed by atoms with Gasteiger partial charge in [-0.05, 0) is 23.6 Å². The molecule has 1 spiro atoms. The standard InChI is InChI=1S/C21H25N3O3S/c1-22(2)20(25)15-23-13-12-21(16-23)18-10-6-7-11-19(18)28(26,27)24(21)14-17-8-4-3-5-9-17/h3-11H,12-16H2,1-2H3. The molecule has 1 amide bonds. The van der Waals surface area contributed by atoms with E-state index in [1.54, 1.807) is 35.4 Å². The molecule has 0 radical (unpaired) electrons. The van der Waals surface area contributed by atoms with E-state index in [1.165, 1.54) is 0 Å². The lowest BCUT2D eigenvalue weighted by molar-refractivity contribution is -0.129. The Labute approximate surface area is 166 Å². The number of rotatable bonds is 4. The summed E-state index contributed by atoms with van der Waals surface area (Å²) < 4.78 is 28.5. The zero-order valence-electron chi connectivity index (χ0n) is 16.2. The van der Waals surface area contributed by atoms with Gasteiger partial charge in [0.2, 0.25) is 15.9 Å². The minimum Gasteiger partial charge on any atom is -0.348 e. The Hall–Kier alpha value is -2.22. The molecule has 7 heteroatoms. The molecule has 28 heavy (non-hydrogen) atoms. The van der Waals surface area contributed by atoms with Crippen molar-refractivity contribution in [1.29, 1.82) is 0 Å². The molecule has 1 fully saturated rings. The number of benzene rings is 2. The molecule has 0 saturated carbocycles. The summed E-state index contributed by atoms with van der Waals surface area (Å²) in [5, 5.41) is 0. The minimum atomic E-state index is -3.59. The highest BCUT2D eigenvalue weighted by atomic mass is 32.2. The molecular formula is C21H25N3O3S. The van der Waals surface area contributed by atoms with E-state index >= 15 is 0 Å². The second kappa shape index (κ2) is 6.99. The van der Waals surface area contributed by atoms with Crippen molar-refractivity contribution in [2.45, 2.75) is 23.4 Å². The maximum atomic E-state index is 13.4. The number of hydrogen-bond acceptors (Lipinski definition) is 4. The Morgan fingerprint density at radius 2 is 1.75 bits per heavy atom. The van der Waals surface area contributed by atoms with Crippen molar-refractivity contribution in [3.05, 3.63) is 65.7 Å². The topological polar surface area (TPSA) is 60.9 Å². The number of hydrogen-bond donors (Lipinski definition) is 0. The predicted molar refractivity (Wildman–Crippen MR) is 107 cm³/mol. The second-order valence-corrected chi connectivity index (χ2v) is 9.60. The van der Waals surface area contributed by atoms with Gasteiger partial charge in [-0.15, -0.1) is 0 Å². The first-order valence-corrected chi connectivity index (χ1v) is 10.9. The molecule has 148 valence electrons. The number of sulfonamides is 1. The average Bonchev–Trinajstić information content (AvgIpc) is 3.17. The number of carbonyl (C=O) groups is 1. The van der Waals surface area contributed by atoms with Crippen LogP contribution >= 0.6 is 0 Å². The van der Waals surface area contributed by atoms with Crippen molar-refractivity contribution in [1.82, 2.24) is 14.1 Å². The van der Waals surface area contributed by atoms with Crippen LogP contribution in [0.15, 0.2) is 59.5 Å². The van der Waals surface area contributed by atoms with Crippen LogP contribution in [-0.4, -0.2) is 62.2 Å². The fraction of sp³-hybridized carbons (Fsp3) is 0.381. The highest BCUT2D eigenvalue weighted by Gasteiger charge is 2.56. The normalized spacial score (nSPS) is 23.8. The van der Waals surface area contributed by atoms with E-state index in [0.717, 1.165) is 11.1 Å². The summed E-state index contributed by atoms with van der Waals surface area (Å²) >= 11 is 0. The lowest BCUT2D eigenvalue weighted by Gasteiger charge is -2.34. The van der Waals surface area contributed by atoms with Crippen LogP contribution in [0, 0.1) is 0 Å². The lowest BCUT2D eigenvalue weighted by Crippen LogP contribution is -2.46. The minimum absolute atomic E-state index is 0.0285. The molecule has 6 nitrogen and oxygen atoms in total. The summed E-state index contributed by atoms with van der Waals surface area (Å²) in [5.41, 5.74) is 1.18. The van der Waals surface area contributed by atoms with Crippen LogP contribution < -0.4 is 0 Å². The average molecular weight is 400 g/mol.